The first-order chi connectivity index (χ1) is 9.88. The number of nitrogens with one attached hydrogen (secondary N) is 1. The molecular weight excluding hydrogens is 293 g/mol. The number of aromatic nitrogens is 1. The van der Waals surface area contributed by atoms with Crippen molar-refractivity contribution in [2.24, 2.45) is 5.73 Å². The Morgan fingerprint density at radius 3 is 2.41 bits per heavy atom. The second-order valence-electron chi connectivity index (χ2n) is 4.66. The van der Waals surface area contributed by atoms with E-state index in [1.165, 1.54) is 13.0 Å². The topological polar surface area (TPSA) is 108 Å². The molecule has 0 saturated heterocycles. The number of carbonyl (C=O) groups is 2. The maximum Gasteiger partial charge on any atom is 1.00 e. The summed E-state index contributed by atoms with van der Waals surface area (Å²) in [5.41, 5.74) is 7.14. The second kappa shape index (κ2) is 7.40. The van der Waals surface area contributed by atoms with Crippen molar-refractivity contribution in [3.8, 4) is 0 Å². The molecule has 0 atom stereocenters. The molecule has 0 aliphatic carbocycles. The molecular formula is C15H14N3NaO3. The van der Waals surface area contributed by atoms with Crippen LogP contribution >= 0.6 is 0 Å². The fraction of sp³-hybridized carbons (Fsp3) is 0.133. The zero-order chi connectivity index (χ0) is 15.6. The smallest absolute Gasteiger partial charge is 0.545 e. The molecule has 0 saturated carbocycles. The van der Waals surface area contributed by atoms with Gasteiger partial charge in [0.05, 0.1) is 11.5 Å². The number of anilines is 2. The first kappa shape index (κ1) is 18.2. The number of hydrogen-bond acceptors (Lipinski definition) is 5. The second-order valence-corrected chi connectivity index (χ2v) is 4.66. The third-order valence-corrected chi connectivity index (χ3v) is 2.98. The number of carbonyl (C=O) groups excluding carboxylic acids is 2. The van der Waals surface area contributed by atoms with E-state index < -0.39 is 11.9 Å². The molecule has 0 aliphatic heterocycles. The first-order valence-electron chi connectivity index (χ1n) is 6.25. The van der Waals surface area contributed by atoms with Gasteiger partial charge >= 0.3 is 29.6 Å². The van der Waals surface area contributed by atoms with Crippen molar-refractivity contribution >= 4 is 23.4 Å². The summed E-state index contributed by atoms with van der Waals surface area (Å²) >= 11 is 0. The van der Waals surface area contributed by atoms with Gasteiger partial charge in [0.2, 0.25) is 0 Å². The maximum atomic E-state index is 11.5. The van der Waals surface area contributed by atoms with Crippen LogP contribution in [0.1, 0.15) is 32.0 Å². The summed E-state index contributed by atoms with van der Waals surface area (Å²) in [6.45, 7) is 3.45. The Morgan fingerprint density at radius 1 is 1.18 bits per heavy atom. The van der Waals surface area contributed by atoms with Crippen molar-refractivity contribution in [3.05, 3.63) is 52.7 Å². The van der Waals surface area contributed by atoms with Crippen LogP contribution in [0.25, 0.3) is 0 Å². The zero-order valence-electron chi connectivity index (χ0n) is 12.6. The summed E-state index contributed by atoms with van der Waals surface area (Å²) in [4.78, 5) is 26.6. The van der Waals surface area contributed by atoms with Crippen LogP contribution in [-0.4, -0.2) is 16.9 Å². The minimum Gasteiger partial charge on any atom is -0.545 e. The van der Waals surface area contributed by atoms with E-state index in [4.69, 9.17) is 5.73 Å². The third kappa shape index (κ3) is 4.07. The van der Waals surface area contributed by atoms with Gasteiger partial charge in [-0.3, -0.25) is 4.79 Å². The van der Waals surface area contributed by atoms with Crippen molar-refractivity contribution in [1.29, 1.82) is 0 Å². The SMILES string of the molecule is Cc1cccc(Nc2nc(C)c(C(=O)[O-])cc2C(N)=O)c1.[Na+]. The summed E-state index contributed by atoms with van der Waals surface area (Å²) in [6.07, 6.45) is 0. The summed E-state index contributed by atoms with van der Waals surface area (Å²) in [7, 11) is 0. The van der Waals surface area contributed by atoms with Crippen LogP contribution in [0.4, 0.5) is 11.5 Å². The number of aryl methyl sites for hydroxylation is 2. The van der Waals surface area contributed by atoms with Crippen molar-refractivity contribution < 1.29 is 44.3 Å². The summed E-state index contributed by atoms with van der Waals surface area (Å²) in [5, 5.41) is 14.0. The van der Waals surface area contributed by atoms with Crippen molar-refractivity contribution in [2.75, 3.05) is 5.32 Å². The molecule has 108 valence electrons. The van der Waals surface area contributed by atoms with E-state index >= 15 is 0 Å². The molecule has 3 N–H and O–H groups in total. The van der Waals surface area contributed by atoms with Gasteiger partial charge in [0.1, 0.15) is 5.82 Å². The molecule has 0 bridgehead atoms. The van der Waals surface area contributed by atoms with Crippen LogP contribution in [0.15, 0.2) is 30.3 Å². The molecule has 1 heterocycles. The molecule has 7 heteroatoms. The van der Waals surface area contributed by atoms with Gasteiger partial charge in [-0.15, -0.1) is 0 Å². The number of primary amides is 1. The molecule has 2 aromatic rings. The van der Waals surface area contributed by atoms with Crippen LogP contribution in [0.2, 0.25) is 0 Å². The Balaban J connectivity index is 0.00000242. The van der Waals surface area contributed by atoms with Gasteiger partial charge in [-0.25, -0.2) is 4.98 Å². The van der Waals surface area contributed by atoms with E-state index in [2.05, 4.69) is 10.3 Å². The number of benzene rings is 1. The van der Waals surface area contributed by atoms with Gasteiger partial charge in [0, 0.05) is 16.9 Å². The molecule has 22 heavy (non-hydrogen) atoms. The molecule has 0 fully saturated rings. The molecule has 0 unspecified atom stereocenters. The minimum absolute atomic E-state index is 0. The van der Waals surface area contributed by atoms with Crippen LogP contribution in [0.3, 0.4) is 0 Å². The largest absolute Gasteiger partial charge is 1.00 e. The number of pyridine rings is 1. The van der Waals surface area contributed by atoms with E-state index in [9.17, 15) is 14.7 Å². The Hall–Kier alpha value is -1.89. The normalized spacial score (nSPS) is 9.73. The summed E-state index contributed by atoms with van der Waals surface area (Å²) < 4.78 is 0. The third-order valence-electron chi connectivity index (χ3n) is 2.98. The number of nitrogens with two attached hydrogens (primary N) is 1. The fourth-order valence-corrected chi connectivity index (χ4v) is 1.95. The Bertz CT molecular complexity index is 732. The predicted octanol–water partition coefficient (Wildman–Crippen LogP) is -2.09. The standard InChI is InChI=1S/C15H15N3O3.Na/c1-8-4-3-5-10(6-8)18-14-12(13(16)19)7-11(15(20)21)9(2)17-14;/h3-7H,1-2H3,(H2,16,19)(H,17,18)(H,20,21);/q;+1/p-1. The average Bonchev–Trinajstić information content (AvgIpc) is 2.37. The van der Waals surface area contributed by atoms with E-state index in [1.807, 2.05) is 25.1 Å². The van der Waals surface area contributed by atoms with E-state index in [1.54, 1.807) is 6.07 Å². The molecule has 6 nitrogen and oxygen atoms in total. The fourth-order valence-electron chi connectivity index (χ4n) is 1.95. The summed E-state index contributed by atoms with van der Waals surface area (Å²) in [6, 6.07) is 8.64. The molecule has 2 rings (SSSR count). The Labute approximate surface area is 150 Å². The van der Waals surface area contributed by atoms with Crippen LogP contribution < -0.4 is 45.7 Å². The summed E-state index contributed by atoms with van der Waals surface area (Å²) in [5.74, 6) is -1.94. The Kier molecular flexibility index (Phi) is 6.11. The van der Waals surface area contributed by atoms with Gasteiger partial charge in [-0.1, -0.05) is 12.1 Å². The molecule has 1 aromatic carbocycles. The molecule has 1 aromatic heterocycles. The van der Waals surface area contributed by atoms with Gasteiger partial charge in [-0.2, -0.15) is 0 Å². The number of nitrogens with zero attached hydrogens (tertiary/aromatic N) is 1. The van der Waals surface area contributed by atoms with Crippen LogP contribution in [0, 0.1) is 13.8 Å². The zero-order valence-corrected chi connectivity index (χ0v) is 14.6. The van der Waals surface area contributed by atoms with Crippen molar-refractivity contribution in [2.45, 2.75) is 13.8 Å². The van der Waals surface area contributed by atoms with Crippen molar-refractivity contribution in [1.82, 2.24) is 4.98 Å². The van der Waals surface area contributed by atoms with Crippen LogP contribution in [0.5, 0.6) is 0 Å². The van der Waals surface area contributed by atoms with Crippen LogP contribution in [-0.2, 0) is 0 Å². The number of rotatable bonds is 4. The number of amides is 1. The van der Waals surface area contributed by atoms with E-state index in [0.29, 0.717) is 0 Å². The maximum absolute atomic E-state index is 11.5. The monoisotopic (exact) mass is 307 g/mol. The van der Waals surface area contributed by atoms with E-state index in [0.717, 1.165) is 11.3 Å². The first-order valence-corrected chi connectivity index (χ1v) is 6.25. The number of carboxylic acids is 1. The van der Waals surface area contributed by atoms with Gasteiger partial charge in [-0.05, 0) is 37.6 Å². The van der Waals surface area contributed by atoms with Crippen molar-refractivity contribution in [3.63, 3.8) is 0 Å². The molecule has 0 aliphatic rings. The molecule has 1 amide bonds. The number of aromatic carboxylic acids is 1. The average molecular weight is 307 g/mol. The van der Waals surface area contributed by atoms with Gasteiger partial charge in [0.25, 0.3) is 5.91 Å². The molecule has 0 spiro atoms. The predicted molar refractivity (Wildman–Crippen MR) is 76.3 cm³/mol. The number of hydrogen-bond donors (Lipinski definition) is 2. The van der Waals surface area contributed by atoms with E-state index in [-0.39, 0.29) is 52.2 Å². The molecule has 0 radical (unpaired) electrons. The number of carboxylic acid groups (broad SMARTS) is 1. The Morgan fingerprint density at radius 2 is 1.86 bits per heavy atom. The van der Waals surface area contributed by atoms with Gasteiger partial charge < -0.3 is 21.0 Å². The minimum atomic E-state index is -1.40. The quantitative estimate of drug-likeness (QED) is 0.630. The van der Waals surface area contributed by atoms with Gasteiger partial charge in [0.15, 0.2) is 0 Å².